The first-order valence-electron chi connectivity index (χ1n) is 4.04. The van der Waals surface area contributed by atoms with Gasteiger partial charge in [0.25, 0.3) is 6.17 Å². The van der Waals surface area contributed by atoms with E-state index in [9.17, 15) is 0 Å². The van der Waals surface area contributed by atoms with Crippen molar-refractivity contribution in [3.8, 4) is 0 Å². The maximum Gasteiger partial charge on any atom is 0.316 e. The zero-order valence-electron chi connectivity index (χ0n) is 7.18. The molecule has 2 heterocycles. The second kappa shape index (κ2) is 2.62. The number of allylic oxidation sites excluding steroid dienone is 1. The van der Waals surface area contributed by atoms with Crippen LogP contribution in [0.5, 0.6) is 0 Å². The largest absolute Gasteiger partial charge is 0.316 e. The summed E-state index contributed by atoms with van der Waals surface area (Å²) in [6.07, 6.45) is 5.54. The summed E-state index contributed by atoms with van der Waals surface area (Å²) in [6, 6.07) is 0. The molecule has 0 aromatic carbocycles. The fourth-order valence-corrected chi connectivity index (χ4v) is 1.14. The van der Waals surface area contributed by atoms with Gasteiger partial charge in [-0.25, -0.2) is 4.58 Å². The van der Waals surface area contributed by atoms with Crippen LogP contribution >= 0.6 is 0 Å². The summed E-state index contributed by atoms with van der Waals surface area (Å²) in [5, 5.41) is 7.76. The van der Waals surface area contributed by atoms with E-state index in [2.05, 4.69) is 29.1 Å². The molecule has 2 rings (SSSR count). The molecule has 0 saturated carbocycles. The monoisotopic (exact) mass is 163 g/mol. The van der Waals surface area contributed by atoms with E-state index >= 15 is 0 Å². The summed E-state index contributed by atoms with van der Waals surface area (Å²) >= 11 is 0. The Morgan fingerprint density at radius 1 is 1.50 bits per heavy atom. The third-order valence-electron chi connectivity index (χ3n) is 1.91. The van der Waals surface area contributed by atoms with Crippen LogP contribution in [0.4, 0.5) is 0 Å². The van der Waals surface area contributed by atoms with Gasteiger partial charge in [-0.05, 0) is 11.0 Å². The molecule has 0 N–H and O–H groups in total. The lowest BCUT2D eigenvalue weighted by molar-refractivity contribution is -0.469. The van der Waals surface area contributed by atoms with E-state index in [-0.39, 0.29) is 6.17 Å². The summed E-state index contributed by atoms with van der Waals surface area (Å²) in [7, 11) is 0. The maximum absolute atomic E-state index is 4.29. The van der Waals surface area contributed by atoms with Crippen molar-refractivity contribution in [3.63, 3.8) is 0 Å². The molecule has 2 aliphatic rings. The molecule has 1 unspecified atom stereocenters. The van der Waals surface area contributed by atoms with E-state index < -0.39 is 0 Å². The number of azo groups is 1. The van der Waals surface area contributed by atoms with Crippen LogP contribution in [0.15, 0.2) is 27.1 Å². The molecule has 62 valence electrons. The Labute approximate surface area is 71.0 Å². The Morgan fingerprint density at radius 2 is 2.33 bits per heavy atom. The predicted octanol–water partition coefficient (Wildman–Crippen LogP) is 1.40. The SMILES string of the molecule is CC(C)C1=C[N+]2=CN=NC2C=N1. The molecule has 0 radical (unpaired) electrons. The predicted molar refractivity (Wildman–Crippen MR) is 46.4 cm³/mol. The van der Waals surface area contributed by atoms with Gasteiger partial charge in [0.15, 0.2) is 0 Å². The summed E-state index contributed by atoms with van der Waals surface area (Å²) in [5.41, 5.74) is 1.08. The molecule has 1 atom stereocenters. The number of aliphatic imine (C=N–C) groups is 1. The van der Waals surface area contributed by atoms with Gasteiger partial charge in [0.1, 0.15) is 6.20 Å². The van der Waals surface area contributed by atoms with Crippen LogP contribution in [0.2, 0.25) is 0 Å². The average Bonchev–Trinajstić information content (AvgIpc) is 2.49. The molecule has 0 amide bonds. The topological polar surface area (TPSA) is 40.1 Å². The van der Waals surface area contributed by atoms with E-state index in [1.807, 2.05) is 17.0 Å². The van der Waals surface area contributed by atoms with Gasteiger partial charge in [-0.2, -0.15) is 0 Å². The van der Waals surface area contributed by atoms with E-state index in [4.69, 9.17) is 0 Å². The Morgan fingerprint density at radius 3 is 3.08 bits per heavy atom. The number of fused-ring (bicyclic) bond motifs is 1. The van der Waals surface area contributed by atoms with Crippen molar-refractivity contribution in [2.24, 2.45) is 21.1 Å². The smallest absolute Gasteiger partial charge is 0.255 e. The van der Waals surface area contributed by atoms with E-state index in [0.717, 1.165) is 5.70 Å². The average molecular weight is 163 g/mol. The molecule has 0 fully saturated rings. The fraction of sp³-hybridized carbons (Fsp3) is 0.500. The molecular weight excluding hydrogens is 152 g/mol. The van der Waals surface area contributed by atoms with Gasteiger partial charge in [-0.15, -0.1) is 0 Å². The number of rotatable bonds is 1. The van der Waals surface area contributed by atoms with Crippen LogP contribution in [-0.2, 0) is 0 Å². The summed E-state index contributed by atoms with van der Waals surface area (Å²) in [4.78, 5) is 4.29. The summed E-state index contributed by atoms with van der Waals surface area (Å²) in [6.45, 7) is 4.24. The third-order valence-corrected chi connectivity index (χ3v) is 1.91. The summed E-state index contributed by atoms with van der Waals surface area (Å²) in [5.74, 6) is 0.455. The van der Waals surface area contributed by atoms with Crippen LogP contribution in [0, 0.1) is 5.92 Å². The van der Waals surface area contributed by atoms with Crippen molar-refractivity contribution in [1.82, 2.24) is 0 Å². The molecule has 4 heteroatoms. The van der Waals surface area contributed by atoms with Crippen molar-refractivity contribution in [2.75, 3.05) is 0 Å². The highest BCUT2D eigenvalue weighted by molar-refractivity contribution is 5.67. The molecule has 0 aromatic rings. The van der Waals surface area contributed by atoms with Crippen LogP contribution in [0.3, 0.4) is 0 Å². The van der Waals surface area contributed by atoms with E-state index in [1.165, 1.54) is 0 Å². The second-order valence-electron chi connectivity index (χ2n) is 3.19. The fourth-order valence-electron chi connectivity index (χ4n) is 1.14. The lowest BCUT2D eigenvalue weighted by Crippen LogP contribution is -2.22. The maximum atomic E-state index is 4.29. The number of nitrogens with zero attached hydrogens (tertiary/aromatic N) is 4. The van der Waals surface area contributed by atoms with Crippen LogP contribution in [-0.4, -0.2) is 23.3 Å². The summed E-state index contributed by atoms with van der Waals surface area (Å²) < 4.78 is 1.96. The Hall–Kier alpha value is -1.32. The third kappa shape index (κ3) is 1.09. The standard InChI is InChI=1S/C8H11N4/c1-6(2)7-4-12-5-10-11-8(12)3-9-7/h3-6,8H,1-2H3/q+1. The highest BCUT2D eigenvalue weighted by atomic mass is 15.3. The Bertz CT molecular complexity index is 309. The van der Waals surface area contributed by atoms with E-state index in [1.54, 1.807) is 6.34 Å². The molecule has 0 spiro atoms. The van der Waals surface area contributed by atoms with Crippen LogP contribution in [0.1, 0.15) is 13.8 Å². The highest BCUT2D eigenvalue weighted by Gasteiger charge is 2.24. The zero-order valence-corrected chi connectivity index (χ0v) is 7.18. The molecule has 12 heavy (non-hydrogen) atoms. The van der Waals surface area contributed by atoms with Crippen molar-refractivity contribution in [3.05, 3.63) is 11.9 Å². The van der Waals surface area contributed by atoms with Gasteiger partial charge >= 0.3 is 6.34 Å². The highest BCUT2D eigenvalue weighted by Crippen LogP contribution is 2.16. The second-order valence-corrected chi connectivity index (χ2v) is 3.19. The minimum Gasteiger partial charge on any atom is -0.255 e. The van der Waals surface area contributed by atoms with Gasteiger partial charge in [0.2, 0.25) is 0 Å². The van der Waals surface area contributed by atoms with E-state index in [0.29, 0.717) is 5.92 Å². The Kier molecular flexibility index (Phi) is 1.60. The minimum absolute atomic E-state index is 0.00694. The zero-order chi connectivity index (χ0) is 8.55. The van der Waals surface area contributed by atoms with Crippen molar-refractivity contribution < 1.29 is 4.58 Å². The van der Waals surface area contributed by atoms with Gasteiger partial charge in [-0.3, -0.25) is 4.99 Å². The lowest BCUT2D eigenvalue weighted by atomic mass is 10.1. The first kappa shape index (κ1) is 7.34. The lowest BCUT2D eigenvalue weighted by Gasteiger charge is -2.10. The van der Waals surface area contributed by atoms with Crippen LogP contribution in [0.25, 0.3) is 0 Å². The van der Waals surface area contributed by atoms with Crippen molar-refractivity contribution in [1.29, 1.82) is 0 Å². The molecular formula is C8H11N4+. The molecule has 0 aliphatic carbocycles. The number of hydrogen-bond acceptors (Lipinski definition) is 3. The van der Waals surface area contributed by atoms with Gasteiger partial charge in [-0.1, -0.05) is 13.8 Å². The molecule has 0 bridgehead atoms. The van der Waals surface area contributed by atoms with Gasteiger partial charge < -0.3 is 0 Å². The first-order valence-corrected chi connectivity index (χ1v) is 4.04. The molecule has 0 saturated heterocycles. The quantitative estimate of drug-likeness (QED) is 0.524. The normalized spacial score (nSPS) is 25.8. The van der Waals surface area contributed by atoms with Crippen molar-refractivity contribution >= 4 is 12.6 Å². The minimum atomic E-state index is 0.00694. The molecule has 0 aromatic heterocycles. The Balaban J connectivity index is 2.28. The first-order chi connectivity index (χ1) is 5.77. The van der Waals surface area contributed by atoms with Crippen molar-refractivity contribution in [2.45, 2.75) is 20.0 Å². The van der Waals surface area contributed by atoms with Gasteiger partial charge in [0.05, 0.1) is 17.0 Å². The number of hydrogen-bond donors (Lipinski definition) is 0. The molecule has 4 nitrogen and oxygen atoms in total. The van der Waals surface area contributed by atoms with Gasteiger partial charge in [0, 0.05) is 0 Å². The molecule has 2 aliphatic heterocycles. The van der Waals surface area contributed by atoms with Crippen LogP contribution < -0.4 is 0 Å².